The molecule has 122 valence electrons. The van der Waals surface area contributed by atoms with E-state index in [-0.39, 0.29) is 11.8 Å². The van der Waals surface area contributed by atoms with Gasteiger partial charge in [-0.25, -0.2) is 4.98 Å². The number of carbonyl (C=O) groups is 1. The second-order valence-electron chi connectivity index (χ2n) is 5.52. The summed E-state index contributed by atoms with van der Waals surface area (Å²) >= 11 is 0. The molecule has 1 aromatic heterocycles. The molecule has 0 bridgehead atoms. The molecule has 24 heavy (non-hydrogen) atoms. The van der Waals surface area contributed by atoms with Crippen LogP contribution in [0.1, 0.15) is 18.4 Å². The number of amides is 1. The lowest BCUT2D eigenvalue weighted by Crippen LogP contribution is -2.33. The van der Waals surface area contributed by atoms with Crippen LogP contribution in [-0.2, 0) is 4.79 Å². The maximum absolute atomic E-state index is 12.3. The van der Waals surface area contributed by atoms with Gasteiger partial charge in [0.15, 0.2) is 0 Å². The Bertz CT molecular complexity index is 850. The largest absolute Gasteiger partial charge is 0.497 e. The first-order valence-electron chi connectivity index (χ1n) is 7.72. The molecule has 3 rings (SSSR count). The molecular formula is C19H19N3O2. The molecule has 5 heteroatoms. The van der Waals surface area contributed by atoms with Gasteiger partial charge in [0.05, 0.1) is 13.0 Å². The molecule has 3 aromatic rings. The molecule has 2 aromatic carbocycles. The number of hydrogen-bond donors (Lipinski definition) is 2. The van der Waals surface area contributed by atoms with Crippen LogP contribution in [0.25, 0.3) is 10.8 Å². The minimum Gasteiger partial charge on any atom is -0.497 e. The Morgan fingerprint density at radius 1 is 1.08 bits per heavy atom. The van der Waals surface area contributed by atoms with Gasteiger partial charge in [-0.2, -0.15) is 0 Å². The second kappa shape index (κ2) is 7.00. The Morgan fingerprint density at radius 2 is 1.88 bits per heavy atom. The number of methoxy groups -OCH3 is 1. The van der Waals surface area contributed by atoms with Crippen LogP contribution >= 0.6 is 0 Å². The predicted molar refractivity (Wildman–Crippen MR) is 94.9 cm³/mol. The molecule has 0 aliphatic heterocycles. The number of carbonyl (C=O) groups excluding carboxylic acids is 1. The smallest absolute Gasteiger partial charge is 0.245 e. The van der Waals surface area contributed by atoms with Gasteiger partial charge in [0.1, 0.15) is 11.6 Å². The highest BCUT2D eigenvalue weighted by atomic mass is 16.5. The fourth-order valence-corrected chi connectivity index (χ4v) is 2.46. The lowest BCUT2D eigenvalue weighted by Gasteiger charge is -2.14. The van der Waals surface area contributed by atoms with Crippen molar-refractivity contribution in [3.63, 3.8) is 0 Å². The quantitative estimate of drug-likeness (QED) is 0.706. The molecule has 0 aliphatic carbocycles. The van der Waals surface area contributed by atoms with E-state index < -0.39 is 0 Å². The molecule has 0 unspecified atom stereocenters. The van der Waals surface area contributed by atoms with E-state index in [1.54, 1.807) is 19.4 Å². The average molecular weight is 321 g/mol. The predicted octanol–water partition coefficient (Wildman–Crippen LogP) is 3.49. The van der Waals surface area contributed by atoms with Crippen LogP contribution in [-0.4, -0.2) is 18.0 Å². The molecular weight excluding hydrogens is 302 g/mol. The topological polar surface area (TPSA) is 63.2 Å². The maximum Gasteiger partial charge on any atom is 0.245 e. The van der Waals surface area contributed by atoms with Crippen molar-refractivity contribution in [3.8, 4) is 5.75 Å². The van der Waals surface area contributed by atoms with Crippen LogP contribution in [0.4, 0.5) is 5.82 Å². The molecule has 1 atom stereocenters. The first kappa shape index (κ1) is 15.8. The van der Waals surface area contributed by atoms with E-state index in [1.807, 2.05) is 55.5 Å². The molecule has 0 spiro atoms. The summed E-state index contributed by atoms with van der Waals surface area (Å²) in [6, 6.07) is 17.3. The van der Waals surface area contributed by atoms with E-state index in [2.05, 4.69) is 15.8 Å². The first-order chi connectivity index (χ1) is 11.7. The normalized spacial score (nSPS) is 11.8. The first-order valence-corrected chi connectivity index (χ1v) is 7.72. The van der Waals surface area contributed by atoms with Gasteiger partial charge < -0.3 is 4.74 Å². The lowest BCUT2D eigenvalue weighted by atomic mass is 9.97. The minimum absolute atomic E-state index is 0.117. The van der Waals surface area contributed by atoms with E-state index in [4.69, 9.17) is 4.74 Å². The molecule has 0 fully saturated rings. The number of fused-ring (bicyclic) bond motifs is 1. The highest BCUT2D eigenvalue weighted by molar-refractivity contribution is 5.88. The highest BCUT2D eigenvalue weighted by Gasteiger charge is 2.15. The Morgan fingerprint density at radius 3 is 2.62 bits per heavy atom. The van der Waals surface area contributed by atoms with Gasteiger partial charge in [0.2, 0.25) is 5.91 Å². The zero-order chi connectivity index (χ0) is 16.9. The van der Waals surface area contributed by atoms with Crippen LogP contribution in [0.15, 0.2) is 60.8 Å². The van der Waals surface area contributed by atoms with Gasteiger partial charge in [-0.1, -0.05) is 30.3 Å². The Kier molecular flexibility index (Phi) is 4.61. The summed E-state index contributed by atoms with van der Waals surface area (Å²) < 4.78 is 5.23. The van der Waals surface area contributed by atoms with E-state index in [9.17, 15) is 4.79 Å². The third-order valence-electron chi connectivity index (χ3n) is 3.94. The van der Waals surface area contributed by atoms with Crippen molar-refractivity contribution in [1.82, 2.24) is 10.4 Å². The number of nitrogens with zero attached hydrogens (tertiary/aromatic N) is 1. The molecule has 2 N–H and O–H groups in total. The highest BCUT2D eigenvalue weighted by Crippen LogP contribution is 2.25. The fourth-order valence-electron chi connectivity index (χ4n) is 2.46. The van der Waals surface area contributed by atoms with Gasteiger partial charge in [-0.05, 0) is 47.5 Å². The minimum atomic E-state index is -0.285. The van der Waals surface area contributed by atoms with Crippen LogP contribution in [0.5, 0.6) is 5.75 Å². The molecule has 1 amide bonds. The summed E-state index contributed by atoms with van der Waals surface area (Å²) in [5.41, 5.74) is 6.46. The SMILES string of the molecule is COc1ccc2cc([C@H](C)C(=O)NNc3ccccn3)ccc2c1. The number of benzene rings is 2. The number of anilines is 1. The number of pyridine rings is 1. The molecule has 0 saturated carbocycles. The van der Waals surface area contributed by atoms with Crippen LogP contribution in [0, 0.1) is 0 Å². The fraction of sp³-hybridized carbons (Fsp3) is 0.158. The van der Waals surface area contributed by atoms with Gasteiger partial charge in [0.25, 0.3) is 0 Å². The number of ether oxygens (including phenoxy) is 1. The van der Waals surface area contributed by atoms with Crippen molar-refractivity contribution >= 4 is 22.5 Å². The van der Waals surface area contributed by atoms with Crippen LogP contribution < -0.4 is 15.6 Å². The summed E-state index contributed by atoms with van der Waals surface area (Å²) in [6.45, 7) is 1.88. The lowest BCUT2D eigenvalue weighted by molar-refractivity contribution is -0.121. The summed E-state index contributed by atoms with van der Waals surface area (Å²) in [4.78, 5) is 16.4. The molecule has 0 aliphatic rings. The standard InChI is InChI=1S/C19H19N3O2/c1-13(19(23)22-21-18-5-3-4-10-20-18)14-6-7-16-12-17(24-2)9-8-15(16)11-14/h3-13H,1-2H3,(H,20,21)(H,22,23)/t13-/m0/s1. The summed E-state index contributed by atoms with van der Waals surface area (Å²) in [5, 5.41) is 2.16. The van der Waals surface area contributed by atoms with Crippen LogP contribution in [0.3, 0.4) is 0 Å². The number of hydrazine groups is 1. The number of nitrogens with one attached hydrogen (secondary N) is 2. The third kappa shape index (κ3) is 3.46. The third-order valence-corrected chi connectivity index (χ3v) is 3.94. The Hall–Kier alpha value is -3.08. The molecule has 0 radical (unpaired) electrons. The van der Waals surface area contributed by atoms with Crippen molar-refractivity contribution in [1.29, 1.82) is 0 Å². The zero-order valence-corrected chi connectivity index (χ0v) is 13.6. The summed E-state index contributed by atoms with van der Waals surface area (Å²) in [7, 11) is 1.65. The number of aromatic nitrogens is 1. The van der Waals surface area contributed by atoms with Gasteiger partial charge in [-0.15, -0.1) is 0 Å². The van der Waals surface area contributed by atoms with E-state index >= 15 is 0 Å². The zero-order valence-electron chi connectivity index (χ0n) is 13.6. The van der Waals surface area contributed by atoms with Gasteiger partial charge >= 0.3 is 0 Å². The Balaban J connectivity index is 1.72. The second-order valence-corrected chi connectivity index (χ2v) is 5.52. The average Bonchev–Trinajstić information content (AvgIpc) is 2.65. The van der Waals surface area contributed by atoms with Crippen molar-refractivity contribution in [2.24, 2.45) is 0 Å². The monoisotopic (exact) mass is 321 g/mol. The van der Waals surface area contributed by atoms with Crippen molar-refractivity contribution < 1.29 is 9.53 Å². The van der Waals surface area contributed by atoms with E-state index in [1.165, 1.54) is 0 Å². The summed E-state index contributed by atoms with van der Waals surface area (Å²) in [6.07, 6.45) is 1.66. The molecule has 0 saturated heterocycles. The van der Waals surface area contributed by atoms with Gasteiger partial charge in [-0.3, -0.25) is 15.6 Å². The molecule has 1 heterocycles. The number of hydrogen-bond acceptors (Lipinski definition) is 4. The van der Waals surface area contributed by atoms with E-state index in [0.717, 1.165) is 22.1 Å². The summed E-state index contributed by atoms with van der Waals surface area (Å²) in [5.74, 6) is 1.02. The van der Waals surface area contributed by atoms with Gasteiger partial charge in [0, 0.05) is 6.20 Å². The van der Waals surface area contributed by atoms with Crippen molar-refractivity contribution in [3.05, 3.63) is 66.4 Å². The van der Waals surface area contributed by atoms with Crippen molar-refractivity contribution in [2.75, 3.05) is 12.5 Å². The van der Waals surface area contributed by atoms with E-state index in [0.29, 0.717) is 5.82 Å². The number of rotatable bonds is 5. The van der Waals surface area contributed by atoms with Crippen molar-refractivity contribution in [2.45, 2.75) is 12.8 Å². The van der Waals surface area contributed by atoms with Crippen LogP contribution in [0.2, 0.25) is 0 Å². The maximum atomic E-state index is 12.3. The molecule has 5 nitrogen and oxygen atoms in total. The Labute approximate surface area is 140 Å².